The lowest BCUT2D eigenvalue weighted by Gasteiger charge is -2.17. The van der Waals surface area contributed by atoms with Crippen LogP contribution in [0.5, 0.6) is 0 Å². The molecule has 1 rings (SSSR count). The van der Waals surface area contributed by atoms with Gasteiger partial charge < -0.3 is 15.7 Å². The number of hydrogen-bond acceptors (Lipinski definition) is 5. The van der Waals surface area contributed by atoms with Crippen LogP contribution >= 0.6 is 0 Å². The van der Waals surface area contributed by atoms with E-state index in [0.29, 0.717) is 0 Å². The zero-order chi connectivity index (χ0) is 16.9. The summed E-state index contributed by atoms with van der Waals surface area (Å²) >= 11 is 0. The summed E-state index contributed by atoms with van der Waals surface area (Å²) in [6, 6.07) is -1.00. The number of carboxylic acid groups (broad SMARTS) is 1. The molecule has 1 fully saturated rings. The minimum absolute atomic E-state index is 0.0211. The molecule has 22 heavy (non-hydrogen) atoms. The molecule has 0 spiro atoms. The van der Waals surface area contributed by atoms with E-state index in [1.165, 1.54) is 0 Å². The van der Waals surface area contributed by atoms with Crippen molar-refractivity contribution < 1.29 is 27.9 Å². The van der Waals surface area contributed by atoms with Crippen molar-refractivity contribution in [3.63, 3.8) is 0 Å². The molecule has 0 radical (unpaired) electrons. The van der Waals surface area contributed by atoms with Gasteiger partial charge in [-0.3, -0.25) is 9.59 Å². The van der Waals surface area contributed by atoms with E-state index in [4.69, 9.17) is 5.11 Å². The van der Waals surface area contributed by atoms with Gasteiger partial charge in [0.05, 0.1) is 24.0 Å². The predicted molar refractivity (Wildman–Crippen MR) is 78.8 cm³/mol. The topological polar surface area (TPSA) is 130 Å². The van der Waals surface area contributed by atoms with Crippen LogP contribution in [0.1, 0.15) is 26.7 Å². The van der Waals surface area contributed by atoms with Crippen molar-refractivity contribution in [1.29, 1.82) is 0 Å². The number of rotatable bonds is 7. The number of aliphatic carboxylic acids is 1. The Kier molecular flexibility index (Phi) is 6.34. The molecule has 1 aliphatic heterocycles. The maximum Gasteiger partial charge on any atom is 0.326 e. The summed E-state index contributed by atoms with van der Waals surface area (Å²) in [5.41, 5.74) is 0. The highest BCUT2D eigenvalue weighted by molar-refractivity contribution is 7.91. The van der Waals surface area contributed by atoms with Crippen LogP contribution < -0.4 is 10.6 Å². The lowest BCUT2D eigenvalue weighted by atomic mass is 10.0. The third kappa shape index (κ3) is 6.00. The molecule has 2 amide bonds. The molecular weight excluding hydrogens is 312 g/mol. The van der Waals surface area contributed by atoms with Crippen LogP contribution in [-0.2, 0) is 24.2 Å². The molecule has 126 valence electrons. The van der Waals surface area contributed by atoms with E-state index in [2.05, 4.69) is 10.6 Å². The summed E-state index contributed by atoms with van der Waals surface area (Å²) in [5, 5.41) is 13.7. The quantitative estimate of drug-likeness (QED) is 0.556. The Balaban J connectivity index is 2.42. The highest BCUT2D eigenvalue weighted by Crippen LogP contribution is 2.18. The standard InChI is InChI=1S/C13H22N2O6S/c1-8(2)5-10(13(18)19)15-11(16)6-14-12(17)9-3-4-22(20,21)7-9/h8-10H,3-7H2,1-2H3,(H,14,17)(H,15,16)(H,18,19)/t9?,10-/m0/s1. The van der Waals surface area contributed by atoms with E-state index in [1.807, 2.05) is 13.8 Å². The normalized spacial score (nSPS) is 21.3. The van der Waals surface area contributed by atoms with E-state index in [9.17, 15) is 22.8 Å². The van der Waals surface area contributed by atoms with E-state index in [1.54, 1.807) is 0 Å². The van der Waals surface area contributed by atoms with Crippen molar-refractivity contribution in [1.82, 2.24) is 10.6 Å². The van der Waals surface area contributed by atoms with Crippen molar-refractivity contribution in [3.05, 3.63) is 0 Å². The SMILES string of the molecule is CC(C)C[C@H](NC(=O)CNC(=O)C1CCS(=O)(=O)C1)C(=O)O. The molecule has 0 saturated carbocycles. The van der Waals surface area contributed by atoms with Gasteiger partial charge in [0, 0.05) is 0 Å². The number of amides is 2. The zero-order valence-electron chi connectivity index (χ0n) is 12.7. The van der Waals surface area contributed by atoms with Gasteiger partial charge in [-0.1, -0.05) is 13.8 Å². The number of sulfone groups is 1. The first-order chi connectivity index (χ1) is 10.1. The molecule has 2 atom stereocenters. The molecule has 1 aliphatic rings. The average Bonchev–Trinajstić information content (AvgIpc) is 2.75. The minimum Gasteiger partial charge on any atom is -0.480 e. The van der Waals surface area contributed by atoms with Gasteiger partial charge in [-0.05, 0) is 18.8 Å². The molecule has 8 nitrogen and oxygen atoms in total. The fourth-order valence-electron chi connectivity index (χ4n) is 2.25. The third-order valence-corrected chi connectivity index (χ3v) is 5.13. The molecule has 0 bridgehead atoms. The van der Waals surface area contributed by atoms with Crippen LogP contribution in [0, 0.1) is 11.8 Å². The van der Waals surface area contributed by atoms with Crippen LogP contribution in [0.4, 0.5) is 0 Å². The molecule has 0 aromatic rings. The molecule has 0 aromatic carbocycles. The summed E-state index contributed by atoms with van der Waals surface area (Å²) in [6.07, 6.45) is 0.538. The Morgan fingerprint density at radius 1 is 1.27 bits per heavy atom. The number of carboxylic acids is 1. The lowest BCUT2D eigenvalue weighted by Crippen LogP contribution is -2.46. The van der Waals surface area contributed by atoms with Crippen LogP contribution in [0.2, 0.25) is 0 Å². The summed E-state index contributed by atoms with van der Waals surface area (Å²) in [4.78, 5) is 34.5. The second-order valence-corrected chi connectivity index (χ2v) is 8.13. The van der Waals surface area contributed by atoms with Crippen LogP contribution in [-0.4, -0.2) is 55.4 Å². The molecular formula is C13H22N2O6S. The molecule has 0 aromatic heterocycles. The van der Waals surface area contributed by atoms with Crippen LogP contribution in [0.3, 0.4) is 0 Å². The van der Waals surface area contributed by atoms with Gasteiger partial charge in [0.25, 0.3) is 0 Å². The van der Waals surface area contributed by atoms with E-state index < -0.39 is 39.6 Å². The Morgan fingerprint density at radius 3 is 2.36 bits per heavy atom. The summed E-state index contributed by atoms with van der Waals surface area (Å²) in [6.45, 7) is 3.31. The smallest absolute Gasteiger partial charge is 0.326 e. The first kappa shape index (κ1) is 18.4. The number of hydrogen-bond donors (Lipinski definition) is 3. The molecule has 3 N–H and O–H groups in total. The Morgan fingerprint density at radius 2 is 1.91 bits per heavy atom. The van der Waals surface area contributed by atoms with Gasteiger partial charge in [0.1, 0.15) is 6.04 Å². The van der Waals surface area contributed by atoms with Crippen molar-refractivity contribution in [2.45, 2.75) is 32.7 Å². The number of carbonyl (C=O) groups is 3. The predicted octanol–water partition coefficient (Wildman–Crippen LogP) is -0.847. The minimum atomic E-state index is -3.16. The summed E-state index contributed by atoms with van der Waals surface area (Å²) < 4.78 is 22.6. The summed E-state index contributed by atoms with van der Waals surface area (Å²) in [7, 11) is -3.16. The first-order valence-electron chi connectivity index (χ1n) is 7.11. The van der Waals surface area contributed by atoms with Gasteiger partial charge in [-0.25, -0.2) is 13.2 Å². The lowest BCUT2D eigenvalue weighted by molar-refractivity contribution is -0.142. The average molecular weight is 334 g/mol. The van der Waals surface area contributed by atoms with E-state index >= 15 is 0 Å². The zero-order valence-corrected chi connectivity index (χ0v) is 13.5. The fraction of sp³-hybridized carbons (Fsp3) is 0.769. The molecule has 9 heteroatoms. The second-order valence-electron chi connectivity index (χ2n) is 5.91. The largest absolute Gasteiger partial charge is 0.480 e. The van der Waals surface area contributed by atoms with Crippen molar-refractivity contribution in [2.75, 3.05) is 18.1 Å². The highest BCUT2D eigenvalue weighted by Gasteiger charge is 2.33. The monoisotopic (exact) mass is 334 g/mol. The fourth-order valence-corrected chi connectivity index (χ4v) is 3.99. The summed E-state index contributed by atoms with van der Waals surface area (Å²) in [5.74, 6) is -2.99. The number of nitrogens with one attached hydrogen (secondary N) is 2. The van der Waals surface area contributed by atoms with Crippen molar-refractivity contribution >= 4 is 27.6 Å². The third-order valence-electron chi connectivity index (χ3n) is 3.37. The molecule has 1 saturated heterocycles. The van der Waals surface area contributed by atoms with Crippen molar-refractivity contribution in [3.8, 4) is 0 Å². The maximum atomic E-state index is 11.8. The molecule has 1 heterocycles. The molecule has 0 aliphatic carbocycles. The van der Waals surface area contributed by atoms with Gasteiger partial charge in [-0.2, -0.15) is 0 Å². The van der Waals surface area contributed by atoms with E-state index in [0.717, 1.165) is 0 Å². The molecule has 1 unspecified atom stereocenters. The Bertz CT molecular complexity index is 543. The number of carbonyl (C=O) groups excluding carboxylic acids is 2. The van der Waals surface area contributed by atoms with Gasteiger partial charge in [-0.15, -0.1) is 0 Å². The Hall–Kier alpha value is -1.64. The van der Waals surface area contributed by atoms with Gasteiger partial charge in [0.2, 0.25) is 11.8 Å². The maximum absolute atomic E-state index is 11.8. The van der Waals surface area contributed by atoms with E-state index in [-0.39, 0.29) is 36.8 Å². The Labute approximate surface area is 129 Å². The second kappa shape index (κ2) is 7.57. The van der Waals surface area contributed by atoms with Crippen LogP contribution in [0.15, 0.2) is 0 Å². The van der Waals surface area contributed by atoms with Gasteiger partial charge in [0.15, 0.2) is 9.84 Å². The van der Waals surface area contributed by atoms with Crippen LogP contribution in [0.25, 0.3) is 0 Å². The first-order valence-corrected chi connectivity index (χ1v) is 8.93. The highest BCUT2D eigenvalue weighted by atomic mass is 32.2. The van der Waals surface area contributed by atoms with Crippen molar-refractivity contribution in [2.24, 2.45) is 11.8 Å². The van der Waals surface area contributed by atoms with Gasteiger partial charge >= 0.3 is 5.97 Å².